The smallest absolute Gasteiger partial charge is 0.0543 e. The Kier molecular flexibility index (Phi) is 3.64. The van der Waals surface area contributed by atoms with E-state index < -0.39 is 0 Å². The van der Waals surface area contributed by atoms with E-state index in [2.05, 4.69) is 45.9 Å². The molecule has 0 spiro atoms. The van der Waals surface area contributed by atoms with E-state index >= 15 is 0 Å². The van der Waals surface area contributed by atoms with Crippen molar-refractivity contribution in [1.29, 1.82) is 0 Å². The van der Waals surface area contributed by atoms with Crippen LogP contribution in [-0.4, -0.2) is 9.78 Å². The minimum atomic E-state index is 0.755. The second kappa shape index (κ2) is 5.19. The molecule has 0 aliphatic rings. The van der Waals surface area contributed by atoms with Crippen molar-refractivity contribution in [3.63, 3.8) is 0 Å². The first-order valence-corrected chi connectivity index (χ1v) is 6.14. The topological polar surface area (TPSA) is 29.9 Å². The van der Waals surface area contributed by atoms with Gasteiger partial charge in [-0.15, -0.1) is 0 Å². The van der Waals surface area contributed by atoms with Crippen molar-refractivity contribution in [1.82, 2.24) is 9.78 Å². The number of anilines is 1. The fraction of sp³-hybridized carbons (Fsp3) is 0.154. The van der Waals surface area contributed by atoms with Gasteiger partial charge in [0.1, 0.15) is 0 Å². The highest BCUT2D eigenvalue weighted by Gasteiger charge is 2.02. The van der Waals surface area contributed by atoms with Crippen LogP contribution in [0.2, 0.25) is 0 Å². The summed E-state index contributed by atoms with van der Waals surface area (Å²) in [4.78, 5) is 0. The molecule has 1 heterocycles. The molecular weight excluding hydrogens is 278 g/mol. The van der Waals surface area contributed by atoms with Crippen molar-refractivity contribution < 1.29 is 0 Å². The van der Waals surface area contributed by atoms with Gasteiger partial charge in [0.2, 0.25) is 0 Å². The highest BCUT2D eigenvalue weighted by molar-refractivity contribution is 9.10. The largest absolute Gasteiger partial charge is 0.381 e. The standard InChI is InChI=1S/C13H14BrN3/c1-3-17-9-11(8-16-17)7-15-13-6-4-5-12(14)10(13)2/h3-6,8-9,15H,1,7H2,2H3. The van der Waals surface area contributed by atoms with Crippen LogP contribution in [0.1, 0.15) is 11.1 Å². The van der Waals surface area contributed by atoms with Crippen LogP contribution in [0.5, 0.6) is 0 Å². The van der Waals surface area contributed by atoms with Crippen molar-refractivity contribution in [3.05, 3.63) is 52.8 Å². The minimum Gasteiger partial charge on any atom is -0.381 e. The Bertz CT molecular complexity index is 531. The van der Waals surface area contributed by atoms with Gasteiger partial charge in [-0.3, -0.25) is 0 Å². The molecule has 3 nitrogen and oxygen atoms in total. The normalized spacial score (nSPS) is 10.2. The van der Waals surface area contributed by atoms with Crippen LogP contribution in [0.15, 0.2) is 41.6 Å². The third-order valence-corrected chi connectivity index (χ3v) is 3.45. The fourth-order valence-electron chi connectivity index (χ4n) is 1.56. The number of aromatic nitrogens is 2. The highest BCUT2D eigenvalue weighted by Crippen LogP contribution is 2.23. The first kappa shape index (κ1) is 11.9. The van der Waals surface area contributed by atoms with Crippen molar-refractivity contribution in [2.45, 2.75) is 13.5 Å². The molecule has 0 atom stereocenters. The van der Waals surface area contributed by atoms with Gasteiger partial charge in [-0.1, -0.05) is 28.6 Å². The van der Waals surface area contributed by atoms with Crippen LogP contribution < -0.4 is 5.32 Å². The van der Waals surface area contributed by atoms with E-state index in [9.17, 15) is 0 Å². The van der Waals surface area contributed by atoms with E-state index in [0.717, 1.165) is 22.3 Å². The summed E-state index contributed by atoms with van der Waals surface area (Å²) in [6.45, 7) is 6.50. The third-order valence-electron chi connectivity index (χ3n) is 2.59. The Morgan fingerprint density at radius 2 is 2.35 bits per heavy atom. The van der Waals surface area contributed by atoms with E-state index in [1.807, 2.05) is 24.5 Å². The maximum Gasteiger partial charge on any atom is 0.0543 e. The summed E-state index contributed by atoms with van der Waals surface area (Å²) in [5, 5.41) is 7.53. The SMILES string of the molecule is C=Cn1cc(CNc2cccc(Br)c2C)cn1. The molecule has 0 saturated heterocycles. The zero-order chi connectivity index (χ0) is 12.3. The predicted molar refractivity (Wildman–Crippen MR) is 74.8 cm³/mol. The van der Waals surface area contributed by atoms with Gasteiger partial charge in [0.25, 0.3) is 0 Å². The van der Waals surface area contributed by atoms with Gasteiger partial charge < -0.3 is 5.32 Å². The predicted octanol–water partition coefficient (Wildman–Crippen LogP) is 3.67. The first-order chi connectivity index (χ1) is 8.20. The molecular formula is C13H14BrN3. The van der Waals surface area contributed by atoms with Crippen LogP contribution in [0.4, 0.5) is 5.69 Å². The number of hydrogen-bond donors (Lipinski definition) is 1. The molecule has 0 aliphatic heterocycles. The van der Waals surface area contributed by atoms with Gasteiger partial charge >= 0.3 is 0 Å². The zero-order valence-electron chi connectivity index (χ0n) is 9.65. The number of benzene rings is 1. The zero-order valence-corrected chi connectivity index (χ0v) is 11.2. The van der Waals surface area contributed by atoms with Gasteiger partial charge in [0, 0.05) is 34.7 Å². The highest BCUT2D eigenvalue weighted by atomic mass is 79.9. The van der Waals surface area contributed by atoms with Crippen LogP contribution in [0.25, 0.3) is 6.20 Å². The average Bonchev–Trinajstić information content (AvgIpc) is 2.79. The minimum absolute atomic E-state index is 0.755. The molecule has 1 aromatic heterocycles. The summed E-state index contributed by atoms with van der Waals surface area (Å²) in [7, 11) is 0. The lowest BCUT2D eigenvalue weighted by Crippen LogP contribution is -2.00. The first-order valence-electron chi connectivity index (χ1n) is 5.35. The Labute approximate surface area is 109 Å². The molecule has 0 amide bonds. The molecule has 17 heavy (non-hydrogen) atoms. The number of rotatable bonds is 4. The van der Waals surface area contributed by atoms with Crippen molar-refractivity contribution >= 4 is 27.8 Å². The molecule has 0 radical (unpaired) electrons. The Balaban J connectivity index is 2.07. The summed E-state index contributed by atoms with van der Waals surface area (Å²) in [5.41, 5.74) is 3.47. The van der Waals surface area contributed by atoms with Crippen molar-refractivity contribution in [3.8, 4) is 0 Å². The molecule has 1 N–H and O–H groups in total. The Morgan fingerprint density at radius 1 is 1.53 bits per heavy atom. The van der Waals surface area contributed by atoms with Gasteiger partial charge in [-0.05, 0) is 24.6 Å². The maximum absolute atomic E-state index is 4.14. The van der Waals surface area contributed by atoms with E-state index in [-0.39, 0.29) is 0 Å². The van der Waals surface area contributed by atoms with Gasteiger partial charge in [-0.2, -0.15) is 5.10 Å². The molecule has 0 bridgehead atoms. The molecule has 0 saturated carbocycles. The maximum atomic E-state index is 4.14. The summed E-state index contributed by atoms with van der Waals surface area (Å²) in [5.74, 6) is 0. The molecule has 88 valence electrons. The summed E-state index contributed by atoms with van der Waals surface area (Å²) in [6.07, 6.45) is 5.46. The van der Waals surface area contributed by atoms with E-state index in [4.69, 9.17) is 0 Å². The summed E-state index contributed by atoms with van der Waals surface area (Å²) >= 11 is 3.52. The molecule has 4 heteroatoms. The average molecular weight is 292 g/mol. The monoisotopic (exact) mass is 291 g/mol. The lowest BCUT2D eigenvalue weighted by Gasteiger charge is -2.09. The molecule has 0 aliphatic carbocycles. The van der Waals surface area contributed by atoms with Crippen LogP contribution in [0, 0.1) is 6.92 Å². The van der Waals surface area contributed by atoms with Gasteiger partial charge in [0.15, 0.2) is 0 Å². The quantitative estimate of drug-likeness (QED) is 0.932. The van der Waals surface area contributed by atoms with Crippen LogP contribution in [-0.2, 0) is 6.54 Å². The van der Waals surface area contributed by atoms with E-state index in [1.54, 1.807) is 10.9 Å². The van der Waals surface area contributed by atoms with Gasteiger partial charge in [-0.25, -0.2) is 4.68 Å². The van der Waals surface area contributed by atoms with Crippen LogP contribution in [0.3, 0.4) is 0 Å². The molecule has 2 aromatic rings. The lowest BCUT2D eigenvalue weighted by molar-refractivity contribution is 0.936. The number of hydrogen-bond acceptors (Lipinski definition) is 2. The second-order valence-corrected chi connectivity index (χ2v) is 4.63. The van der Waals surface area contributed by atoms with Crippen molar-refractivity contribution in [2.24, 2.45) is 0 Å². The number of nitrogens with one attached hydrogen (secondary N) is 1. The van der Waals surface area contributed by atoms with Crippen molar-refractivity contribution in [2.75, 3.05) is 5.32 Å². The molecule has 2 rings (SSSR count). The van der Waals surface area contributed by atoms with Crippen LogP contribution >= 0.6 is 15.9 Å². The summed E-state index contributed by atoms with van der Waals surface area (Å²) in [6, 6.07) is 6.13. The molecule has 1 aromatic carbocycles. The Morgan fingerprint density at radius 3 is 3.06 bits per heavy atom. The summed E-state index contributed by atoms with van der Waals surface area (Å²) < 4.78 is 2.81. The van der Waals surface area contributed by atoms with E-state index in [0.29, 0.717) is 0 Å². The van der Waals surface area contributed by atoms with Gasteiger partial charge in [0.05, 0.1) is 6.20 Å². The fourth-order valence-corrected chi connectivity index (χ4v) is 1.93. The lowest BCUT2D eigenvalue weighted by atomic mass is 10.2. The molecule has 0 unspecified atom stereocenters. The molecule has 0 fully saturated rings. The second-order valence-electron chi connectivity index (χ2n) is 3.78. The number of nitrogens with zero attached hydrogens (tertiary/aromatic N) is 2. The van der Waals surface area contributed by atoms with E-state index in [1.165, 1.54) is 5.56 Å². The third kappa shape index (κ3) is 2.77. The Hall–Kier alpha value is -1.55. The number of halogens is 1.